The van der Waals surface area contributed by atoms with Gasteiger partial charge in [0, 0.05) is 18.2 Å². The van der Waals surface area contributed by atoms with Crippen LogP contribution in [0.4, 0.5) is 0 Å². The maximum absolute atomic E-state index is 11.8. The number of amides is 1. The molecular weight excluding hydrogens is 254 g/mol. The van der Waals surface area contributed by atoms with Crippen molar-refractivity contribution < 1.29 is 9.53 Å². The summed E-state index contributed by atoms with van der Waals surface area (Å²) in [5.41, 5.74) is 1.45. The smallest absolute Gasteiger partial charge is 0.237 e. The fourth-order valence-corrected chi connectivity index (χ4v) is 1.90. The first-order chi connectivity index (χ1) is 9.63. The van der Waals surface area contributed by atoms with Crippen molar-refractivity contribution in [1.82, 2.24) is 10.6 Å². The number of benzene rings is 1. The van der Waals surface area contributed by atoms with E-state index < -0.39 is 0 Å². The third-order valence-electron chi connectivity index (χ3n) is 3.33. The molecule has 2 rings (SSSR count). The van der Waals surface area contributed by atoms with Gasteiger partial charge in [-0.25, -0.2) is 0 Å². The van der Waals surface area contributed by atoms with Crippen molar-refractivity contribution in [1.29, 1.82) is 5.26 Å². The Labute approximate surface area is 118 Å². The van der Waals surface area contributed by atoms with Crippen molar-refractivity contribution in [3.05, 3.63) is 29.3 Å². The summed E-state index contributed by atoms with van der Waals surface area (Å²) in [6.45, 7) is 2.32. The predicted molar refractivity (Wildman–Crippen MR) is 75.2 cm³/mol. The van der Waals surface area contributed by atoms with E-state index in [1.54, 1.807) is 25.3 Å². The van der Waals surface area contributed by atoms with Crippen molar-refractivity contribution in [2.45, 2.75) is 38.4 Å². The Morgan fingerprint density at radius 1 is 1.55 bits per heavy atom. The Morgan fingerprint density at radius 2 is 2.30 bits per heavy atom. The van der Waals surface area contributed by atoms with Crippen molar-refractivity contribution in [3.8, 4) is 11.8 Å². The summed E-state index contributed by atoms with van der Waals surface area (Å²) in [5.74, 6) is 0.731. The van der Waals surface area contributed by atoms with Crippen LogP contribution in [-0.4, -0.2) is 25.1 Å². The minimum atomic E-state index is -0.272. The van der Waals surface area contributed by atoms with E-state index in [1.807, 2.05) is 6.92 Å². The van der Waals surface area contributed by atoms with E-state index in [9.17, 15) is 4.79 Å². The molecular formula is C15H19N3O2. The Bertz CT molecular complexity index is 532. The molecule has 0 aromatic heterocycles. The van der Waals surface area contributed by atoms with Crippen molar-refractivity contribution in [3.63, 3.8) is 0 Å². The minimum Gasteiger partial charge on any atom is -0.496 e. The highest BCUT2D eigenvalue weighted by Crippen LogP contribution is 2.20. The monoisotopic (exact) mass is 273 g/mol. The SMILES string of the molecule is COc1ccc(C#N)cc1CNC(C)C(=O)NC1CC1. The maximum Gasteiger partial charge on any atom is 0.237 e. The Balaban J connectivity index is 1.95. The van der Waals surface area contributed by atoms with E-state index in [0.29, 0.717) is 23.9 Å². The van der Waals surface area contributed by atoms with E-state index in [0.717, 1.165) is 18.4 Å². The second kappa shape index (κ2) is 6.40. The van der Waals surface area contributed by atoms with Crippen LogP contribution >= 0.6 is 0 Å². The summed E-state index contributed by atoms with van der Waals surface area (Å²) in [4.78, 5) is 11.8. The topological polar surface area (TPSA) is 74.1 Å². The van der Waals surface area contributed by atoms with Crippen LogP contribution in [0, 0.1) is 11.3 Å². The van der Waals surface area contributed by atoms with Gasteiger partial charge in [0.2, 0.25) is 5.91 Å². The third kappa shape index (κ3) is 3.72. The lowest BCUT2D eigenvalue weighted by Gasteiger charge is -2.15. The van der Waals surface area contributed by atoms with E-state index in [1.165, 1.54) is 0 Å². The normalized spacial score (nSPS) is 15.2. The number of nitriles is 1. The van der Waals surface area contributed by atoms with Gasteiger partial charge in [0.25, 0.3) is 0 Å². The van der Waals surface area contributed by atoms with Crippen LogP contribution < -0.4 is 15.4 Å². The Kier molecular flexibility index (Phi) is 4.59. The van der Waals surface area contributed by atoms with Crippen LogP contribution in [0.15, 0.2) is 18.2 Å². The number of carbonyl (C=O) groups is 1. The first-order valence-electron chi connectivity index (χ1n) is 6.75. The van der Waals surface area contributed by atoms with Crippen LogP contribution in [0.25, 0.3) is 0 Å². The highest BCUT2D eigenvalue weighted by Gasteiger charge is 2.25. The number of hydrogen-bond acceptors (Lipinski definition) is 4. The second-order valence-electron chi connectivity index (χ2n) is 5.02. The van der Waals surface area contributed by atoms with Crippen molar-refractivity contribution in [2.24, 2.45) is 0 Å². The summed E-state index contributed by atoms with van der Waals surface area (Å²) in [5, 5.41) is 15.0. The maximum atomic E-state index is 11.8. The second-order valence-corrected chi connectivity index (χ2v) is 5.02. The molecule has 0 saturated heterocycles. The molecule has 1 saturated carbocycles. The number of hydrogen-bond donors (Lipinski definition) is 2. The van der Waals surface area contributed by atoms with Crippen molar-refractivity contribution >= 4 is 5.91 Å². The fraction of sp³-hybridized carbons (Fsp3) is 0.467. The standard InChI is InChI=1S/C15H19N3O2/c1-10(15(19)18-13-4-5-13)17-9-12-7-11(8-16)3-6-14(12)20-2/h3,6-7,10,13,17H,4-5,9H2,1-2H3,(H,18,19). The molecule has 5 nitrogen and oxygen atoms in total. The molecule has 1 amide bonds. The molecule has 0 spiro atoms. The van der Waals surface area contributed by atoms with E-state index in [-0.39, 0.29) is 11.9 Å². The predicted octanol–water partition coefficient (Wildman–Crippen LogP) is 1.32. The number of methoxy groups -OCH3 is 1. The van der Waals surface area contributed by atoms with Crippen LogP contribution in [0.3, 0.4) is 0 Å². The number of carbonyl (C=O) groups excluding carboxylic acids is 1. The van der Waals surface area contributed by atoms with Crippen LogP contribution in [0.2, 0.25) is 0 Å². The van der Waals surface area contributed by atoms with Gasteiger partial charge in [0.15, 0.2) is 0 Å². The molecule has 0 aliphatic heterocycles. The zero-order valence-electron chi connectivity index (χ0n) is 11.8. The summed E-state index contributed by atoms with van der Waals surface area (Å²) < 4.78 is 5.26. The highest BCUT2D eigenvalue weighted by atomic mass is 16.5. The van der Waals surface area contributed by atoms with Gasteiger partial charge in [0.05, 0.1) is 24.8 Å². The van der Waals surface area contributed by atoms with Gasteiger partial charge in [0.1, 0.15) is 5.75 Å². The van der Waals surface area contributed by atoms with Gasteiger partial charge in [-0.1, -0.05) is 0 Å². The average molecular weight is 273 g/mol. The zero-order valence-corrected chi connectivity index (χ0v) is 11.8. The molecule has 1 atom stereocenters. The third-order valence-corrected chi connectivity index (χ3v) is 3.33. The van der Waals surface area contributed by atoms with Gasteiger partial charge in [-0.2, -0.15) is 5.26 Å². The number of nitrogens with zero attached hydrogens (tertiary/aromatic N) is 1. The number of rotatable bonds is 6. The molecule has 20 heavy (non-hydrogen) atoms. The molecule has 0 heterocycles. The van der Waals surface area contributed by atoms with Crippen LogP contribution in [0.1, 0.15) is 30.9 Å². The van der Waals surface area contributed by atoms with Crippen molar-refractivity contribution in [2.75, 3.05) is 7.11 Å². The highest BCUT2D eigenvalue weighted by molar-refractivity contribution is 5.81. The molecule has 106 valence electrons. The molecule has 1 aliphatic carbocycles. The van der Waals surface area contributed by atoms with Gasteiger partial charge in [-0.15, -0.1) is 0 Å². The molecule has 1 unspecified atom stereocenters. The number of ether oxygens (including phenoxy) is 1. The molecule has 1 aliphatic rings. The van der Waals surface area contributed by atoms with Gasteiger partial charge in [-0.05, 0) is 38.0 Å². The molecule has 5 heteroatoms. The zero-order chi connectivity index (χ0) is 14.5. The van der Waals surface area contributed by atoms with Crippen LogP contribution in [-0.2, 0) is 11.3 Å². The number of nitrogens with one attached hydrogen (secondary N) is 2. The summed E-state index contributed by atoms with van der Waals surface area (Å²) in [7, 11) is 1.59. The molecule has 1 aromatic carbocycles. The average Bonchev–Trinajstić information content (AvgIpc) is 3.28. The lowest BCUT2D eigenvalue weighted by molar-refractivity contribution is -0.122. The van der Waals surface area contributed by atoms with E-state index in [2.05, 4.69) is 16.7 Å². The first kappa shape index (κ1) is 14.4. The summed E-state index contributed by atoms with van der Waals surface area (Å²) in [6, 6.07) is 7.45. The van der Waals surface area contributed by atoms with E-state index in [4.69, 9.17) is 10.00 Å². The van der Waals surface area contributed by atoms with Gasteiger partial charge in [-0.3, -0.25) is 4.79 Å². The summed E-state index contributed by atoms with van der Waals surface area (Å²) >= 11 is 0. The molecule has 0 bridgehead atoms. The fourth-order valence-electron chi connectivity index (χ4n) is 1.90. The summed E-state index contributed by atoms with van der Waals surface area (Å²) in [6.07, 6.45) is 2.16. The van der Waals surface area contributed by atoms with Crippen LogP contribution in [0.5, 0.6) is 5.75 Å². The lowest BCUT2D eigenvalue weighted by Crippen LogP contribution is -2.42. The lowest BCUT2D eigenvalue weighted by atomic mass is 10.1. The molecule has 1 aromatic rings. The molecule has 0 radical (unpaired) electrons. The van der Waals surface area contributed by atoms with Gasteiger partial charge < -0.3 is 15.4 Å². The Morgan fingerprint density at radius 3 is 2.90 bits per heavy atom. The molecule has 2 N–H and O–H groups in total. The molecule has 1 fully saturated rings. The Hall–Kier alpha value is -2.06. The van der Waals surface area contributed by atoms with E-state index >= 15 is 0 Å². The largest absolute Gasteiger partial charge is 0.496 e. The first-order valence-corrected chi connectivity index (χ1v) is 6.75. The minimum absolute atomic E-state index is 0.0166. The van der Waals surface area contributed by atoms with Gasteiger partial charge >= 0.3 is 0 Å². The quantitative estimate of drug-likeness (QED) is 0.820.